The number of amides is 1. The van der Waals surface area contributed by atoms with Crippen molar-refractivity contribution in [1.82, 2.24) is 20.0 Å². The van der Waals surface area contributed by atoms with Crippen LogP contribution in [0.15, 0.2) is 24.3 Å². The van der Waals surface area contributed by atoms with E-state index in [0.717, 1.165) is 44.7 Å². The first kappa shape index (κ1) is 18.7. The lowest BCUT2D eigenvalue weighted by molar-refractivity contribution is 0.0950. The zero-order chi connectivity index (χ0) is 18.5. The van der Waals surface area contributed by atoms with Crippen LogP contribution < -0.4 is 10.1 Å². The molecule has 0 saturated carbocycles. The normalized spacial score (nSPS) is 14.6. The molecule has 0 saturated heterocycles. The highest BCUT2D eigenvalue weighted by Crippen LogP contribution is 2.24. The van der Waals surface area contributed by atoms with Crippen molar-refractivity contribution in [3.8, 4) is 5.75 Å². The number of carbonyl (C=O) groups excluding carboxylic acids is 1. The second-order valence-corrected chi connectivity index (χ2v) is 6.92. The van der Waals surface area contributed by atoms with Crippen molar-refractivity contribution in [3.05, 3.63) is 46.2 Å². The lowest BCUT2D eigenvalue weighted by Crippen LogP contribution is -2.24. The first-order valence-corrected chi connectivity index (χ1v) is 9.38. The summed E-state index contributed by atoms with van der Waals surface area (Å²) >= 11 is 6.09. The molecule has 1 aromatic carbocycles. The van der Waals surface area contributed by atoms with Crippen molar-refractivity contribution >= 4 is 17.5 Å². The van der Waals surface area contributed by atoms with E-state index in [1.807, 2.05) is 0 Å². The predicted octanol–water partition coefficient (Wildman–Crippen LogP) is 3.09. The zero-order valence-electron chi connectivity index (χ0n) is 15.3. The standard InChI is InChI=1S/C19H25ClN4O2/c1-3-7-23-8-4-9-24-16(13-23)11-15(22-24)12-21-19(25)14-5-6-18(26-2)17(20)10-14/h5-6,10-11H,3-4,7-9,12-13H2,1-2H3,(H,21,25). The second kappa shape index (κ2) is 8.56. The zero-order valence-corrected chi connectivity index (χ0v) is 16.1. The van der Waals surface area contributed by atoms with Gasteiger partial charge in [-0.2, -0.15) is 5.10 Å². The van der Waals surface area contributed by atoms with Crippen molar-refractivity contribution in [2.45, 2.75) is 39.4 Å². The minimum absolute atomic E-state index is 0.176. The number of aryl methyl sites for hydroxylation is 1. The SMILES string of the molecule is CCCN1CCCn2nc(CNC(=O)c3ccc(OC)c(Cl)c3)cc2C1. The molecule has 1 aromatic heterocycles. The molecule has 2 aromatic rings. The molecule has 7 heteroatoms. The molecule has 0 aliphatic carbocycles. The number of hydrogen-bond donors (Lipinski definition) is 1. The summed E-state index contributed by atoms with van der Waals surface area (Å²) in [7, 11) is 1.55. The molecule has 0 fully saturated rings. The third-order valence-electron chi connectivity index (χ3n) is 4.53. The van der Waals surface area contributed by atoms with Crippen LogP contribution in [0.2, 0.25) is 5.02 Å². The van der Waals surface area contributed by atoms with Gasteiger partial charge in [-0.1, -0.05) is 18.5 Å². The summed E-state index contributed by atoms with van der Waals surface area (Å²) in [6.45, 7) is 6.67. The Kier molecular flexibility index (Phi) is 6.16. The Balaban J connectivity index is 1.62. The van der Waals surface area contributed by atoms with Gasteiger partial charge in [-0.05, 0) is 43.7 Å². The molecule has 0 unspecified atom stereocenters. The summed E-state index contributed by atoms with van der Waals surface area (Å²) < 4.78 is 7.18. The van der Waals surface area contributed by atoms with Crippen LogP contribution in [-0.2, 0) is 19.6 Å². The molecule has 2 heterocycles. The average molecular weight is 377 g/mol. The molecule has 26 heavy (non-hydrogen) atoms. The Morgan fingerprint density at radius 1 is 1.35 bits per heavy atom. The van der Waals surface area contributed by atoms with Gasteiger partial charge in [0.05, 0.1) is 30.1 Å². The van der Waals surface area contributed by atoms with Gasteiger partial charge in [0.1, 0.15) is 5.75 Å². The van der Waals surface area contributed by atoms with E-state index in [4.69, 9.17) is 16.3 Å². The van der Waals surface area contributed by atoms with Gasteiger partial charge in [-0.15, -0.1) is 0 Å². The van der Waals surface area contributed by atoms with Crippen molar-refractivity contribution < 1.29 is 9.53 Å². The number of nitrogens with zero attached hydrogens (tertiary/aromatic N) is 3. The van der Waals surface area contributed by atoms with Crippen LogP contribution in [-0.4, -0.2) is 40.8 Å². The van der Waals surface area contributed by atoms with Gasteiger partial charge in [0.2, 0.25) is 0 Å². The van der Waals surface area contributed by atoms with Crippen molar-refractivity contribution in [2.24, 2.45) is 0 Å². The summed E-state index contributed by atoms with van der Waals surface area (Å²) in [5.74, 6) is 0.378. The van der Waals surface area contributed by atoms with Crippen LogP contribution in [0, 0.1) is 0 Å². The number of ether oxygens (including phenoxy) is 1. The second-order valence-electron chi connectivity index (χ2n) is 6.51. The van der Waals surface area contributed by atoms with Gasteiger partial charge >= 0.3 is 0 Å². The largest absolute Gasteiger partial charge is 0.495 e. The van der Waals surface area contributed by atoms with Crippen LogP contribution in [0.1, 0.15) is 41.5 Å². The van der Waals surface area contributed by atoms with Crippen molar-refractivity contribution in [2.75, 3.05) is 20.2 Å². The summed E-state index contributed by atoms with van der Waals surface area (Å²) in [5.41, 5.74) is 2.60. The maximum Gasteiger partial charge on any atom is 0.251 e. The molecule has 0 atom stereocenters. The third-order valence-corrected chi connectivity index (χ3v) is 4.82. The molecule has 0 spiro atoms. The van der Waals surface area contributed by atoms with E-state index in [-0.39, 0.29) is 5.91 Å². The summed E-state index contributed by atoms with van der Waals surface area (Å²) in [4.78, 5) is 14.8. The molecule has 1 aliphatic rings. The highest BCUT2D eigenvalue weighted by atomic mass is 35.5. The summed E-state index contributed by atoms with van der Waals surface area (Å²) in [5, 5.41) is 7.98. The predicted molar refractivity (Wildman–Crippen MR) is 102 cm³/mol. The molecular formula is C19H25ClN4O2. The lowest BCUT2D eigenvalue weighted by atomic mass is 10.2. The Morgan fingerprint density at radius 2 is 2.19 bits per heavy atom. The molecule has 0 bridgehead atoms. The molecular weight excluding hydrogens is 352 g/mol. The molecule has 1 N–H and O–H groups in total. The molecule has 1 amide bonds. The summed E-state index contributed by atoms with van der Waals surface area (Å²) in [6, 6.07) is 7.10. The monoisotopic (exact) mass is 376 g/mol. The Hall–Kier alpha value is -2.05. The summed E-state index contributed by atoms with van der Waals surface area (Å²) in [6.07, 6.45) is 2.26. The Bertz CT molecular complexity index is 775. The first-order valence-electron chi connectivity index (χ1n) is 9.00. The first-order chi connectivity index (χ1) is 12.6. The fourth-order valence-corrected chi connectivity index (χ4v) is 3.52. The average Bonchev–Trinajstić information content (AvgIpc) is 2.91. The fourth-order valence-electron chi connectivity index (χ4n) is 3.26. The number of nitrogens with one attached hydrogen (secondary N) is 1. The quantitative estimate of drug-likeness (QED) is 0.841. The highest BCUT2D eigenvalue weighted by molar-refractivity contribution is 6.32. The van der Waals surface area contributed by atoms with Gasteiger partial charge in [0.25, 0.3) is 5.91 Å². The Labute approximate surface area is 159 Å². The molecule has 1 aliphatic heterocycles. The number of rotatable bonds is 6. The van der Waals surface area contributed by atoms with Crippen LogP contribution >= 0.6 is 11.6 Å². The maximum atomic E-state index is 12.4. The number of fused-ring (bicyclic) bond motifs is 1. The van der Waals surface area contributed by atoms with Gasteiger partial charge in [-0.3, -0.25) is 14.4 Å². The van der Waals surface area contributed by atoms with E-state index in [1.165, 1.54) is 5.69 Å². The minimum Gasteiger partial charge on any atom is -0.495 e. The molecule has 0 radical (unpaired) electrons. The smallest absolute Gasteiger partial charge is 0.251 e. The van der Waals surface area contributed by atoms with Crippen LogP contribution in [0.4, 0.5) is 0 Å². The number of benzene rings is 1. The van der Waals surface area contributed by atoms with Gasteiger partial charge < -0.3 is 10.1 Å². The van der Waals surface area contributed by atoms with Gasteiger partial charge in [-0.25, -0.2) is 0 Å². The Morgan fingerprint density at radius 3 is 2.92 bits per heavy atom. The number of methoxy groups -OCH3 is 1. The highest BCUT2D eigenvalue weighted by Gasteiger charge is 2.16. The van der Waals surface area contributed by atoms with E-state index in [0.29, 0.717) is 22.9 Å². The van der Waals surface area contributed by atoms with Gasteiger partial charge in [0.15, 0.2) is 0 Å². The van der Waals surface area contributed by atoms with Gasteiger partial charge in [0, 0.05) is 25.2 Å². The maximum absolute atomic E-state index is 12.4. The number of aromatic nitrogens is 2. The number of carbonyl (C=O) groups is 1. The topological polar surface area (TPSA) is 59.4 Å². The van der Waals surface area contributed by atoms with Crippen molar-refractivity contribution in [3.63, 3.8) is 0 Å². The fraction of sp³-hybridized carbons (Fsp3) is 0.474. The number of hydrogen-bond acceptors (Lipinski definition) is 4. The molecule has 140 valence electrons. The van der Waals surface area contributed by atoms with Crippen LogP contribution in [0.25, 0.3) is 0 Å². The van der Waals surface area contributed by atoms with E-state index < -0.39 is 0 Å². The number of halogens is 1. The molecule has 6 nitrogen and oxygen atoms in total. The van der Waals surface area contributed by atoms with Crippen LogP contribution in [0.3, 0.4) is 0 Å². The van der Waals surface area contributed by atoms with E-state index >= 15 is 0 Å². The van der Waals surface area contributed by atoms with Crippen molar-refractivity contribution in [1.29, 1.82) is 0 Å². The van der Waals surface area contributed by atoms with Crippen LogP contribution in [0.5, 0.6) is 5.75 Å². The van der Waals surface area contributed by atoms with E-state index in [9.17, 15) is 4.79 Å². The third kappa shape index (κ3) is 4.37. The van der Waals surface area contributed by atoms with E-state index in [2.05, 4.69) is 33.0 Å². The molecule has 3 rings (SSSR count). The minimum atomic E-state index is -0.176. The van der Waals surface area contributed by atoms with E-state index in [1.54, 1.807) is 25.3 Å². The lowest BCUT2D eigenvalue weighted by Gasteiger charge is -2.17.